The minimum absolute atomic E-state index is 0.184. The van der Waals surface area contributed by atoms with E-state index in [1.807, 2.05) is 29.2 Å². The van der Waals surface area contributed by atoms with Crippen LogP contribution in [0.1, 0.15) is 16.8 Å². The molecule has 0 aliphatic carbocycles. The van der Waals surface area contributed by atoms with Crippen molar-refractivity contribution < 1.29 is 9.53 Å². The molecule has 1 amide bonds. The Hall–Kier alpha value is -2.75. The maximum Gasteiger partial charge on any atom is 0.227 e. The zero-order valence-corrected chi connectivity index (χ0v) is 14.7. The number of para-hydroxylation sites is 1. The van der Waals surface area contributed by atoms with Gasteiger partial charge in [0, 0.05) is 48.7 Å². The van der Waals surface area contributed by atoms with Gasteiger partial charge in [0.2, 0.25) is 5.91 Å². The third-order valence-corrected chi connectivity index (χ3v) is 5.18. The zero-order valence-electron chi connectivity index (χ0n) is 14.7. The molecule has 0 atom stereocenters. The number of nitrogens with zero attached hydrogens (tertiary/aromatic N) is 2. The molecule has 128 valence electrons. The highest BCUT2D eigenvalue weighted by molar-refractivity contribution is 5.87. The molecule has 0 unspecified atom stereocenters. The minimum atomic E-state index is 0.184. The predicted octanol–water partition coefficient (Wildman–Crippen LogP) is 3.31. The van der Waals surface area contributed by atoms with Gasteiger partial charge in [-0.1, -0.05) is 30.3 Å². The molecular weight excluding hydrogens is 312 g/mol. The molecule has 0 saturated heterocycles. The Kier molecular flexibility index (Phi) is 3.96. The van der Waals surface area contributed by atoms with Gasteiger partial charge in [-0.05, 0) is 23.8 Å². The van der Waals surface area contributed by atoms with Crippen LogP contribution in [0, 0.1) is 0 Å². The molecule has 3 aromatic rings. The van der Waals surface area contributed by atoms with E-state index >= 15 is 0 Å². The zero-order chi connectivity index (χ0) is 17.4. The van der Waals surface area contributed by atoms with Crippen molar-refractivity contribution in [3.05, 3.63) is 65.4 Å². The molecule has 1 aliphatic rings. The van der Waals surface area contributed by atoms with E-state index < -0.39 is 0 Å². The maximum absolute atomic E-state index is 12.8. The lowest BCUT2D eigenvalue weighted by atomic mass is 10.0. The van der Waals surface area contributed by atoms with Crippen LogP contribution in [0.15, 0.2) is 48.5 Å². The molecule has 0 radical (unpaired) electrons. The van der Waals surface area contributed by atoms with E-state index in [0.717, 1.165) is 24.3 Å². The summed E-state index contributed by atoms with van der Waals surface area (Å²) in [5, 5.41) is 1.27. The Morgan fingerprint density at radius 3 is 2.64 bits per heavy atom. The molecule has 0 N–H and O–H groups in total. The summed E-state index contributed by atoms with van der Waals surface area (Å²) in [6.07, 6.45) is 1.35. The second-order valence-electron chi connectivity index (χ2n) is 6.59. The molecular formula is C21H22N2O2. The van der Waals surface area contributed by atoms with Gasteiger partial charge in [-0.15, -0.1) is 0 Å². The van der Waals surface area contributed by atoms with Gasteiger partial charge in [-0.3, -0.25) is 4.79 Å². The molecule has 0 fully saturated rings. The van der Waals surface area contributed by atoms with Crippen molar-refractivity contribution in [2.45, 2.75) is 19.4 Å². The monoisotopic (exact) mass is 334 g/mol. The van der Waals surface area contributed by atoms with Crippen molar-refractivity contribution >= 4 is 16.8 Å². The van der Waals surface area contributed by atoms with E-state index in [4.69, 9.17) is 4.74 Å². The number of fused-ring (bicyclic) bond motifs is 3. The third-order valence-electron chi connectivity index (χ3n) is 5.18. The van der Waals surface area contributed by atoms with Crippen molar-refractivity contribution in [1.29, 1.82) is 0 Å². The summed E-state index contributed by atoms with van der Waals surface area (Å²) >= 11 is 0. The van der Waals surface area contributed by atoms with E-state index in [1.54, 1.807) is 7.11 Å². The third kappa shape index (κ3) is 2.78. The van der Waals surface area contributed by atoms with Crippen molar-refractivity contribution in [3.63, 3.8) is 0 Å². The van der Waals surface area contributed by atoms with Crippen LogP contribution in [0.2, 0.25) is 0 Å². The first kappa shape index (κ1) is 15.8. The summed E-state index contributed by atoms with van der Waals surface area (Å²) < 4.78 is 7.45. The van der Waals surface area contributed by atoms with Gasteiger partial charge in [0.05, 0.1) is 13.5 Å². The van der Waals surface area contributed by atoms with Crippen LogP contribution in [-0.2, 0) is 31.2 Å². The number of hydrogen-bond acceptors (Lipinski definition) is 2. The molecule has 1 aliphatic heterocycles. The number of aryl methyl sites for hydroxylation is 1. The summed E-state index contributed by atoms with van der Waals surface area (Å²) in [6, 6.07) is 16.2. The fourth-order valence-corrected chi connectivity index (χ4v) is 3.77. The molecule has 4 nitrogen and oxygen atoms in total. The Balaban J connectivity index is 1.55. The standard InChI is InChI=1S/C21H22N2O2/c1-22-19-6-4-3-5-17(19)18-14-23(12-11-20(18)22)21(24)13-15-7-9-16(25-2)10-8-15/h3-10H,11-14H2,1-2H3. The van der Waals surface area contributed by atoms with Crippen LogP contribution in [0.4, 0.5) is 0 Å². The van der Waals surface area contributed by atoms with Gasteiger partial charge in [0.15, 0.2) is 0 Å². The van der Waals surface area contributed by atoms with Crippen LogP contribution in [0.5, 0.6) is 5.75 Å². The first-order valence-electron chi connectivity index (χ1n) is 8.63. The minimum Gasteiger partial charge on any atom is -0.497 e. The van der Waals surface area contributed by atoms with E-state index in [2.05, 4.69) is 35.9 Å². The second kappa shape index (κ2) is 6.28. The van der Waals surface area contributed by atoms with E-state index in [1.165, 1.54) is 22.2 Å². The smallest absolute Gasteiger partial charge is 0.227 e. The normalized spacial score (nSPS) is 13.8. The lowest BCUT2D eigenvalue weighted by Crippen LogP contribution is -2.37. The molecule has 0 spiro atoms. The first-order valence-corrected chi connectivity index (χ1v) is 8.63. The van der Waals surface area contributed by atoms with Gasteiger partial charge in [-0.2, -0.15) is 0 Å². The number of benzene rings is 2. The van der Waals surface area contributed by atoms with Gasteiger partial charge in [0.1, 0.15) is 5.75 Å². The van der Waals surface area contributed by atoms with Crippen LogP contribution < -0.4 is 4.74 Å². The number of ether oxygens (including phenoxy) is 1. The van der Waals surface area contributed by atoms with Gasteiger partial charge < -0.3 is 14.2 Å². The number of rotatable bonds is 3. The molecule has 4 heteroatoms. The Morgan fingerprint density at radius 2 is 1.88 bits per heavy atom. The van der Waals surface area contributed by atoms with E-state index in [-0.39, 0.29) is 5.91 Å². The van der Waals surface area contributed by atoms with E-state index in [9.17, 15) is 4.79 Å². The number of amides is 1. The number of carbonyl (C=O) groups excluding carboxylic acids is 1. The van der Waals surface area contributed by atoms with Crippen LogP contribution >= 0.6 is 0 Å². The number of hydrogen-bond donors (Lipinski definition) is 0. The maximum atomic E-state index is 12.8. The van der Waals surface area contributed by atoms with Crippen molar-refractivity contribution in [2.24, 2.45) is 7.05 Å². The summed E-state index contributed by atoms with van der Waals surface area (Å²) in [7, 11) is 3.77. The summed E-state index contributed by atoms with van der Waals surface area (Å²) in [6.45, 7) is 1.48. The Morgan fingerprint density at radius 1 is 1.12 bits per heavy atom. The quantitative estimate of drug-likeness (QED) is 0.736. The molecule has 0 saturated carbocycles. The molecule has 4 rings (SSSR count). The largest absolute Gasteiger partial charge is 0.497 e. The van der Waals surface area contributed by atoms with Crippen molar-refractivity contribution in [1.82, 2.24) is 9.47 Å². The van der Waals surface area contributed by atoms with Crippen molar-refractivity contribution in [3.8, 4) is 5.75 Å². The first-order chi connectivity index (χ1) is 12.2. The van der Waals surface area contributed by atoms with Crippen LogP contribution in [-0.4, -0.2) is 29.0 Å². The predicted molar refractivity (Wildman–Crippen MR) is 98.7 cm³/mol. The lowest BCUT2D eigenvalue weighted by molar-refractivity contribution is -0.131. The van der Waals surface area contributed by atoms with Gasteiger partial charge in [-0.25, -0.2) is 0 Å². The second-order valence-corrected chi connectivity index (χ2v) is 6.59. The number of carbonyl (C=O) groups is 1. The fourth-order valence-electron chi connectivity index (χ4n) is 3.77. The molecule has 25 heavy (non-hydrogen) atoms. The van der Waals surface area contributed by atoms with E-state index in [0.29, 0.717) is 13.0 Å². The van der Waals surface area contributed by atoms with Crippen LogP contribution in [0.3, 0.4) is 0 Å². The summed E-state index contributed by atoms with van der Waals surface area (Å²) in [5.41, 5.74) is 4.92. The molecule has 0 bridgehead atoms. The SMILES string of the molecule is COc1ccc(CC(=O)N2CCc3c(c4ccccc4n3C)C2)cc1. The average molecular weight is 334 g/mol. The average Bonchev–Trinajstić information content (AvgIpc) is 2.95. The van der Waals surface area contributed by atoms with Crippen molar-refractivity contribution in [2.75, 3.05) is 13.7 Å². The molecule has 2 aromatic carbocycles. The lowest BCUT2D eigenvalue weighted by Gasteiger charge is -2.28. The Labute approximate surface area is 147 Å². The summed E-state index contributed by atoms with van der Waals surface area (Å²) in [4.78, 5) is 14.7. The Bertz CT molecular complexity index is 925. The summed E-state index contributed by atoms with van der Waals surface area (Å²) in [5.74, 6) is 0.998. The highest BCUT2D eigenvalue weighted by Crippen LogP contribution is 2.30. The highest BCUT2D eigenvalue weighted by Gasteiger charge is 2.25. The van der Waals surface area contributed by atoms with Gasteiger partial charge >= 0.3 is 0 Å². The fraction of sp³-hybridized carbons (Fsp3) is 0.286. The molecule has 2 heterocycles. The molecule has 1 aromatic heterocycles. The topological polar surface area (TPSA) is 34.5 Å². The highest BCUT2D eigenvalue weighted by atomic mass is 16.5. The number of methoxy groups -OCH3 is 1. The van der Waals surface area contributed by atoms with Crippen LogP contribution in [0.25, 0.3) is 10.9 Å². The van der Waals surface area contributed by atoms with Gasteiger partial charge in [0.25, 0.3) is 0 Å². The number of aromatic nitrogens is 1.